The number of hydrogen-bond donors (Lipinski definition) is 1. The summed E-state index contributed by atoms with van der Waals surface area (Å²) in [6.45, 7) is 1.89. The van der Waals surface area contributed by atoms with Gasteiger partial charge in [-0.2, -0.15) is 5.26 Å². The fraction of sp³-hybridized carbons (Fsp3) is 0.778. The van der Waals surface area contributed by atoms with Gasteiger partial charge in [-0.25, -0.2) is 0 Å². The van der Waals surface area contributed by atoms with Crippen LogP contribution in [0.15, 0.2) is 0 Å². The van der Waals surface area contributed by atoms with Crippen molar-refractivity contribution < 1.29 is 4.79 Å². The maximum absolute atomic E-state index is 11.8. The van der Waals surface area contributed by atoms with E-state index in [9.17, 15) is 4.79 Å². The molecule has 1 amide bonds. The molecule has 0 aliphatic carbocycles. The molecule has 1 heterocycles. The number of amides is 1. The minimum absolute atomic E-state index is 0.0000926. The van der Waals surface area contributed by atoms with Gasteiger partial charge in [0.25, 0.3) is 0 Å². The summed E-state index contributed by atoms with van der Waals surface area (Å²) in [5, 5.41) is 11.6. The lowest BCUT2D eigenvalue weighted by molar-refractivity contribution is -0.133. The number of carbonyl (C=O) groups excluding carboxylic acids is 1. The molecule has 14 heavy (non-hydrogen) atoms. The Balaban J connectivity index is 2.47. The summed E-state index contributed by atoms with van der Waals surface area (Å²) in [7, 11) is 1.76. The molecule has 1 saturated heterocycles. The van der Waals surface area contributed by atoms with Crippen LogP contribution >= 0.6 is 11.8 Å². The van der Waals surface area contributed by atoms with Gasteiger partial charge in [0.05, 0.1) is 18.5 Å². The Labute approximate surface area is 88.6 Å². The van der Waals surface area contributed by atoms with Gasteiger partial charge in [0.1, 0.15) is 0 Å². The highest BCUT2D eigenvalue weighted by Crippen LogP contribution is 2.13. The third-order valence-electron chi connectivity index (χ3n) is 2.41. The maximum atomic E-state index is 11.8. The molecule has 0 aromatic heterocycles. The lowest BCUT2D eigenvalue weighted by Gasteiger charge is -2.25. The normalized spacial score (nSPS) is 22.8. The van der Waals surface area contributed by atoms with Crippen molar-refractivity contribution in [1.29, 1.82) is 5.26 Å². The fourth-order valence-corrected chi connectivity index (χ4v) is 2.22. The van der Waals surface area contributed by atoms with Crippen LogP contribution in [0, 0.1) is 11.3 Å². The highest BCUT2D eigenvalue weighted by molar-refractivity contribution is 7.99. The summed E-state index contributed by atoms with van der Waals surface area (Å²) in [6.07, 6.45) is 0.391. The van der Waals surface area contributed by atoms with Crippen molar-refractivity contribution in [2.24, 2.45) is 0 Å². The van der Waals surface area contributed by atoms with E-state index in [0.29, 0.717) is 6.42 Å². The third-order valence-corrected chi connectivity index (χ3v) is 3.35. The molecule has 1 fully saturated rings. The maximum Gasteiger partial charge on any atom is 0.240 e. The molecule has 0 bridgehead atoms. The van der Waals surface area contributed by atoms with Gasteiger partial charge in [-0.15, -0.1) is 11.8 Å². The van der Waals surface area contributed by atoms with E-state index in [2.05, 4.69) is 11.4 Å². The molecule has 0 aromatic rings. The molecule has 5 heteroatoms. The first-order valence-corrected chi connectivity index (χ1v) is 5.77. The molecule has 4 nitrogen and oxygen atoms in total. The highest BCUT2D eigenvalue weighted by Gasteiger charge is 2.27. The first-order valence-electron chi connectivity index (χ1n) is 4.61. The average molecular weight is 213 g/mol. The highest BCUT2D eigenvalue weighted by atomic mass is 32.2. The average Bonchev–Trinajstić information content (AvgIpc) is 2.68. The van der Waals surface area contributed by atoms with Gasteiger partial charge in [0, 0.05) is 24.7 Å². The van der Waals surface area contributed by atoms with Crippen molar-refractivity contribution >= 4 is 17.7 Å². The lowest BCUT2D eigenvalue weighted by Crippen LogP contribution is -2.46. The Hall–Kier alpha value is -0.730. The van der Waals surface area contributed by atoms with Gasteiger partial charge in [-0.1, -0.05) is 0 Å². The Morgan fingerprint density at radius 1 is 1.86 bits per heavy atom. The van der Waals surface area contributed by atoms with Crippen LogP contribution in [0.1, 0.15) is 13.3 Å². The van der Waals surface area contributed by atoms with E-state index in [0.717, 1.165) is 11.6 Å². The molecule has 0 radical (unpaired) electrons. The first kappa shape index (κ1) is 11.3. The molecule has 1 aliphatic rings. The van der Waals surface area contributed by atoms with Crippen molar-refractivity contribution in [3.05, 3.63) is 0 Å². The number of nitrogens with zero attached hydrogens (tertiary/aromatic N) is 2. The first-order chi connectivity index (χ1) is 6.66. The van der Waals surface area contributed by atoms with Crippen LogP contribution in [-0.4, -0.2) is 41.6 Å². The summed E-state index contributed by atoms with van der Waals surface area (Å²) >= 11 is 1.73. The van der Waals surface area contributed by atoms with Gasteiger partial charge in [-0.05, 0) is 6.92 Å². The summed E-state index contributed by atoms with van der Waals surface area (Å²) in [5.41, 5.74) is 0. The van der Waals surface area contributed by atoms with Crippen LogP contribution in [0.5, 0.6) is 0 Å². The van der Waals surface area contributed by atoms with E-state index in [4.69, 9.17) is 5.26 Å². The van der Waals surface area contributed by atoms with E-state index >= 15 is 0 Å². The van der Waals surface area contributed by atoms with Gasteiger partial charge >= 0.3 is 0 Å². The Morgan fingerprint density at radius 3 is 3.07 bits per heavy atom. The summed E-state index contributed by atoms with van der Waals surface area (Å²) in [5.74, 6) is 1.78. The van der Waals surface area contributed by atoms with Crippen molar-refractivity contribution in [2.75, 3.05) is 18.7 Å². The standard InChI is InChI=1S/C9H15N3OS/c1-7(3-4-10)12(2)9(13)8-5-14-6-11-8/h7-8,11H,3,5-6H2,1-2H3. The summed E-state index contributed by atoms with van der Waals surface area (Å²) in [4.78, 5) is 13.5. The number of nitriles is 1. The number of likely N-dealkylation sites (N-methyl/N-ethyl adjacent to an activating group) is 1. The van der Waals surface area contributed by atoms with Gasteiger partial charge in [0.2, 0.25) is 5.91 Å². The molecule has 0 aromatic carbocycles. The number of nitrogens with one attached hydrogen (secondary N) is 1. The molecular formula is C9H15N3OS. The number of rotatable bonds is 3. The van der Waals surface area contributed by atoms with Gasteiger partial charge in [0.15, 0.2) is 0 Å². The predicted molar refractivity (Wildman–Crippen MR) is 56.7 cm³/mol. The van der Waals surface area contributed by atoms with Crippen LogP contribution in [0.3, 0.4) is 0 Å². The summed E-state index contributed by atoms with van der Waals surface area (Å²) in [6, 6.07) is 2.01. The van der Waals surface area contributed by atoms with Crippen LogP contribution < -0.4 is 5.32 Å². The summed E-state index contributed by atoms with van der Waals surface area (Å²) < 4.78 is 0. The zero-order valence-electron chi connectivity index (χ0n) is 8.49. The van der Waals surface area contributed by atoms with E-state index in [1.807, 2.05) is 6.92 Å². The third kappa shape index (κ3) is 2.63. The fourth-order valence-electron chi connectivity index (χ4n) is 1.29. The second-order valence-electron chi connectivity index (χ2n) is 3.43. The van der Waals surface area contributed by atoms with Crippen LogP contribution in [-0.2, 0) is 4.79 Å². The van der Waals surface area contributed by atoms with E-state index in [1.54, 1.807) is 23.7 Å². The molecule has 1 rings (SSSR count). The molecule has 1 N–H and O–H groups in total. The molecule has 0 spiro atoms. The minimum atomic E-state index is -0.0638. The molecule has 2 unspecified atom stereocenters. The zero-order valence-corrected chi connectivity index (χ0v) is 9.30. The predicted octanol–water partition coefficient (Wildman–Crippen LogP) is 0.409. The topological polar surface area (TPSA) is 56.1 Å². The minimum Gasteiger partial charge on any atom is -0.341 e. The Bertz CT molecular complexity index is 245. The molecular weight excluding hydrogens is 198 g/mol. The quantitative estimate of drug-likeness (QED) is 0.737. The number of thioether (sulfide) groups is 1. The van der Waals surface area contributed by atoms with Crippen molar-refractivity contribution in [2.45, 2.75) is 25.4 Å². The van der Waals surface area contributed by atoms with Crippen molar-refractivity contribution in [3.8, 4) is 6.07 Å². The number of carbonyl (C=O) groups is 1. The monoisotopic (exact) mass is 213 g/mol. The van der Waals surface area contributed by atoms with Crippen molar-refractivity contribution in [3.63, 3.8) is 0 Å². The lowest BCUT2D eigenvalue weighted by atomic mass is 10.2. The number of hydrogen-bond acceptors (Lipinski definition) is 4. The molecule has 2 atom stereocenters. The molecule has 0 saturated carbocycles. The van der Waals surface area contributed by atoms with Crippen molar-refractivity contribution in [1.82, 2.24) is 10.2 Å². The SMILES string of the molecule is CC(CC#N)N(C)C(=O)C1CSCN1. The van der Waals surface area contributed by atoms with Gasteiger partial charge < -0.3 is 4.90 Å². The Morgan fingerprint density at radius 2 is 2.57 bits per heavy atom. The second kappa shape index (κ2) is 5.23. The smallest absolute Gasteiger partial charge is 0.240 e. The van der Waals surface area contributed by atoms with Crippen LogP contribution in [0.4, 0.5) is 0 Å². The molecule has 78 valence electrons. The van der Waals surface area contributed by atoms with E-state index in [1.165, 1.54) is 0 Å². The van der Waals surface area contributed by atoms with E-state index in [-0.39, 0.29) is 18.0 Å². The molecule has 1 aliphatic heterocycles. The van der Waals surface area contributed by atoms with Gasteiger partial charge in [-0.3, -0.25) is 10.1 Å². The second-order valence-corrected chi connectivity index (χ2v) is 4.46. The zero-order chi connectivity index (χ0) is 10.6. The Kier molecular flexibility index (Phi) is 4.23. The van der Waals surface area contributed by atoms with Crippen LogP contribution in [0.25, 0.3) is 0 Å². The van der Waals surface area contributed by atoms with E-state index < -0.39 is 0 Å². The van der Waals surface area contributed by atoms with Crippen LogP contribution in [0.2, 0.25) is 0 Å². The largest absolute Gasteiger partial charge is 0.341 e.